The van der Waals surface area contributed by atoms with Gasteiger partial charge in [-0.1, -0.05) is 23.8 Å². The minimum absolute atomic E-state index is 0.117. The van der Waals surface area contributed by atoms with Crippen molar-refractivity contribution in [1.82, 2.24) is 10.3 Å². The maximum atomic E-state index is 10.7. The molecule has 2 N–H and O–H groups in total. The van der Waals surface area contributed by atoms with Crippen LogP contribution in [0.5, 0.6) is 0 Å². The van der Waals surface area contributed by atoms with Gasteiger partial charge in [0, 0.05) is 6.20 Å². The van der Waals surface area contributed by atoms with E-state index in [1.54, 1.807) is 6.07 Å². The fourth-order valence-corrected chi connectivity index (χ4v) is 1.40. The van der Waals surface area contributed by atoms with Crippen LogP contribution >= 0.6 is 11.6 Å². The highest BCUT2D eigenvalue weighted by atomic mass is 35.5. The van der Waals surface area contributed by atoms with Crippen LogP contribution in [0, 0.1) is 0 Å². The van der Waals surface area contributed by atoms with Gasteiger partial charge in [-0.3, -0.25) is 0 Å². The van der Waals surface area contributed by atoms with Crippen molar-refractivity contribution in [3.8, 4) is 0 Å². The first kappa shape index (κ1) is 12.7. The summed E-state index contributed by atoms with van der Waals surface area (Å²) in [4.78, 5) is 14.4. The van der Waals surface area contributed by atoms with Gasteiger partial charge in [0.05, 0.1) is 5.02 Å². The van der Waals surface area contributed by atoms with Crippen LogP contribution in [0.4, 0.5) is 0 Å². The Morgan fingerprint density at radius 3 is 3.00 bits per heavy atom. The zero-order valence-corrected chi connectivity index (χ0v) is 9.66. The summed E-state index contributed by atoms with van der Waals surface area (Å²) in [5.41, 5.74) is 0.681. The molecule has 5 heteroatoms. The van der Waals surface area contributed by atoms with Crippen LogP contribution in [0.15, 0.2) is 18.3 Å². The van der Waals surface area contributed by atoms with Gasteiger partial charge in [-0.05, 0) is 31.6 Å². The average molecular weight is 241 g/mol. The Morgan fingerprint density at radius 2 is 2.44 bits per heavy atom. The van der Waals surface area contributed by atoms with Crippen molar-refractivity contribution in [2.24, 2.45) is 0 Å². The van der Waals surface area contributed by atoms with Crippen LogP contribution in [0.25, 0.3) is 6.08 Å². The molecule has 1 aromatic rings. The topological polar surface area (TPSA) is 62.2 Å². The van der Waals surface area contributed by atoms with Crippen molar-refractivity contribution < 1.29 is 9.90 Å². The first-order valence-electron chi connectivity index (χ1n) is 4.85. The minimum atomic E-state index is -1.12. The van der Waals surface area contributed by atoms with Crippen molar-refractivity contribution in [3.05, 3.63) is 34.6 Å². The molecule has 16 heavy (non-hydrogen) atoms. The molecule has 4 nitrogen and oxygen atoms in total. The Balaban J connectivity index is 2.73. The standard InChI is InChI=1S/C11H13ClN2O2/c1-13-5-3-2-4-8-6-9(12)10(11(15)16)14-7-8/h2,4,6-7,13H,3,5H2,1H3,(H,15,16). The van der Waals surface area contributed by atoms with Crippen LogP contribution in [-0.4, -0.2) is 29.7 Å². The molecule has 86 valence electrons. The van der Waals surface area contributed by atoms with Crippen LogP contribution < -0.4 is 5.32 Å². The number of halogens is 1. The van der Waals surface area contributed by atoms with Gasteiger partial charge < -0.3 is 10.4 Å². The Bertz CT molecular complexity index is 405. The van der Waals surface area contributed by atoms with Crippen LogP contribution in [-0.2, 0) is 0 Å². The van der Waals surface area contributed by atoms with Crippen molar-refractivity contribution in [2.75, 3.05) is 13.6 Å². The molecule has 0 aromatic carbocycles. The van der Waals surface area contributed by atoms with Gasteiger partial charge in [0.2, 0.25) is 0 Å². The Hall–Kier alpha value is -1.39. The summed E-state index contributed by atoms with van der Waals surface area (Å²) in [7, 11) is 1.88. The highest BCUT2D eigenvalue weighted by Crippen LogP contribution is 2.16. The Morgan fingerprint density at radius 1 is 1.69 bits per heavy atom. The number of hydrogen-bond acceptors (Lipinski definition) is 3. The van der Waals surface area contributed by atoms with Gasteiger partial charge in [-0.2, -0.15) is 0 Å². The Kier molecular flexibility index (Phi) is 4.95. The van der Waals surface area contributed by atoms with Crippen LogP contribution in [0.3, 0.4) is 0 Å². The molecule has 0 saturated carbocycles. The monoisotopic (exact) mass is 240 g/mol. The van der Waals surface area contributed by atoms with Crippen molar-refractivity contribution in [2.45, 2.75) is 6.42 Å². The van der Waals surface area contributed by atoms with E-state index in [1.165, 1.54) is 6.20 Å². The molecule has 0 aliphatic carbocycles. The lowest BCUT2D eigenvalue weighted by Crippen LogP contribution is -2.05. The number of carbonyl (C=O) groups is 1. The van der Waals surface area contributed by atoms with E-state index < -0.39 is 5.97 Å². The molecule has 0 bridgehead atoms. The molecule has 1 rings (SSSR count). The van der Waals surface area contributed by atoms with E-state index in [9.17, 15) is 4.79 Å². The number of nitrogens with zero attached hydrogens (tertiary/aromatic N) is 1. The second-order valence-corrected chi connectivity index (χ2v) is 3.61. The number of aromatic nitrogens is 1. The quantitative estimate of drug-likeness (QED) is 0.774. The smallest absolute Gasteiger partial charge is 0.356 e. The van der Waals surface area contributed by atoms with E-state index >= 15 is 0 Å². The maximum Gasteiger partial charge on any atom is 0.356 e. The summed E-state index contributed by atoms with van der Waals surface area (Å²) >= 11 is 5.77. The molecule has 0 aliphatic heterocycles. The fourth-order valence-electron chi connectivity index (χ4n) is 1.15. The van der Waals surface area contributed by atoms with Gasteiger partial charge >= 0.3 is 5.97 Å². The molecule has 1 aromatic heterocycles. The second kappa shape index (κ2) is 6.25. The van der Waals surface area contributed by atoms with Gasteiger partial charge in [0.15, 0.2) is 5.69 Å². The maximum absolute atomic E-state index is 10.7. The third-order valence-electron chi connectivity index (χ3n) is 1.94. The number of carboxylic acid groups (broad SMARTS) is 1. The molecule has 0 atom stereocenters. The van der Waals surface area contributed by atoms with Crippen molar-refractivity contribution in [1.29, 1.82) is 0 Å². The molecule has 0 amide bonds. The van der Waals surface area contributed by atoms with E-state index in [0.717, 1.165) is 18.5 Å². The zero-order valence-electron chi connectivity index (χ0n) is 8.90. The number of aromatic carboxylic acids is 1. The number of pyridine rings is 1. The predicted octanol–water partition coefficient (Wildman–Crippen LogP) is 2.06. The Labute approximate surface area is 99.0 Å². The van der Waals surface area contributed by atoms with Gasteiger partial charge in [0.1, 0.15) is 0 Å². The highest BCUT2D eigenvalue weighted by Gasteiger charge is 2.09. The summed E-state index contributed by atoms with van der Waals surface area (Å²) in [5.74, 6) is -1.12. The molecule has 0 radical (unpaired) electrons. The SMILES string of the molecule is CNCCC=Cc1cnc(C(=O)O)c(Cl)c1. The van der Waals surface area contributed by atoms with Crippen LogP contribution in [0.1, 0.15) is 22.5 Å². The lowest BCUT2D eigenvalue weighted by Gasteiger charge is -1.99. The molecule has 0 aliphatic rings. The second-order valence-electron chi connectivity index (χ2n) is 3.20. The van der Waals surface area contributed by atoms with Crippen LogP contribution in [0.2, 0.25) is 5.02 Å². The fraction of sp³-hybridized carbons (Fsp3) is 0.273. The predicted molar refractivity (Wildman–Crippen MR) is 63.8 cm³/mol. The summed E-state index contributed by atoms with van der Waals surface area (Å²) in [6.45, 7) is 0.894. The number of carboxylic acids is 1. The minimum Gasteiger partial charge on any atom is -0.476 e. The average Bonchev–Trinajstić information content (AvgIpc) is 2.24. The third kappa shape index (κ3) is 3.64. The molecule has 0 unspecified atom stereocenters. The molecule has 0 fully saturated rings. The highest BCUT2D eigenvalue weighted by molar-refractivity contribution is 6.33. The normalized spacial score (nSPS) is 10.9. The van der Waals surface area contributed by atoms with Crippen molar-refractivity contribution >= 4 is 23.6 Å². The first-order valence-corrected chi connectivity index (χ1v) is 5.23. The summed E-state index contributed by atoms with van der Waals surface area (Å²) in [5, 5.41) is 11.9. The van der Waals surface area contributed by atoms with Gasteiger partial charge in [-0.25, -0.2) is 9.78 Å². The number of rotatable bonds is 5. The van der Waals surface area contributed by atoms with E-state index in [1.807, 2.05) is 19.2 Å². The zero-order chi connectivity index (χ0) is 12.0. The molecule has 0 spiro atoms. The summed E-state index contributed by atoms with van der Waals surface area (Å²) < 4.78 is 0. The van der Waals surface area contributed by atoms with Gasteiger partial charge in [0.25, 0.3) is 0 Å². The lowest BCUT2D eigenvalue weighted by molar-refractivity contribution is 0.0690. The first-order chi connectivity index (χ1) is 7.65. The van der Waals surface area contributed by atoms with E-state index in [4.69, 9.17) is 16.7 Å². The molecular formula is C11H13ClN2O2. The number of nitrogens with one attached hydrogen (secondary N) is 1. The molecular weight excluding hydrogens is 228 g/mol. The van der Waals surface area contributed by atoms with Crippen molar-refractivity contribution in [3.63, 3.8) is 0 Å². The van der Waals surface area contributed by atoms with E-state index in [0.29, 0.717) is 0 Å². The molecule has 0 saturated heterocycles. The van der Waals surface area contributed by atoms with E-state index in [-0.39, 0.29) is 10.7 Å². The number of hydrogen-bond donors (Lipinski definition) is 2. The van der Waals surface area contributed by atoms with Gasteiger partial charge in [-0.15, -0.1) is 0 Å². The third-order valence-corrected chi connectivity index (χ3v) is 2.22. The summed E-state index contributed by atoms with van der Waals surface area (Å²) in [6, 6.07) is 1.59. The van der Waals surface area contributed by atoms with E-state index in [2.05, 4.69) is 10.3 Å². The summed E-state index contributed by atoms with van der Waals surface area (Å²) in [6.07, 6.45) is 6.23. The lowest BCUT2D eigenvalue weighted by atomic mass is 10.2. The largest absolute Gasteiger partial charge is 0.476 e. The molecule has 1 heterocycles.